The van der Waals surface area contributed by atoms with E-state index >= 15 is 0 Å². The molecular weight excluding hydrogens is 226 g/mol. The third-order valence-corrected chi connectivity index (χ3v) is 4.09. The molecule has 96 valence electrons. The molecule has 18 heavy (non-hydrogen) atoms. The molecule has 3 saturated heterocycles. The Balaban J connectivity index is 1.72. The van der Waals surface area contributed by atoms with Crippen LogP contribution in [0.25, 0.3) is 0 Å². The van der Waals surface area contributed by atoms with E-state index in [0.29, 0.717) is 23.7 Å². The summed E-state index contributed by atoms with van der Waals surface area (Å²) in [5, 5.41) is 0. The van der Waals surface area contributed by atoms with Crippen molar-refractivity contribution in [1.29, 1.82) is 0 Å². The summed E-state index contributed by atoms with van der Waals surface area (Å²) in [6.45, 7) is 6.47. The Morgan fingerprint density at radius 2 is 2.11 bits per heavy atom. The van der Waals surface area contributed by atoms with Gasteiger partial charge in [-0.25, -0.2) is 0 Å². The standard InChI is InChI=1S/C14H19N3O/c1-10(2)16-8-12-6-13(9-16)17(12)14(18)11-4-3-5-15-7-11/h3-5,7,10,12-13H,6,8-9H2,1-2H3. The Kier molecular flexibility index (Phi) is 2.82. The summed E-state index contributed by atoms with van der Waals surface area (Å²) in [4.78, 5) is 20.9. The molecule has 0 N–H and O–H groups in total. The average molecular weight is 245 g/mol. The van der Waals surface area contributed by atoms with Gasteiger partial charge in [0.2, 0.25) is 0 Å². The minimum Gasteiger partial charge on any atom is -0.330 e. The number of rotatable bonds is 2. The lowest BCUT2D eigenvalue weighted by Crippen LogP contribution is -2.70. The van der Waals surface area contributed by atoms with E-state index in [0.717, 1.165) is 19.5 Å². The molecule has 4 heteroatoms. The third kappa shape index (κ3) is 1.81. The Labute approximate surface area is 108 Å². The van der Waals surface area contributed by atoms with E-state index in [1.165, 1.54) is 0 Å². The van der Waals surface area contributed by atoms with Gasteiger partial charge in [-0.3, -0.25) is 14.7 Å². The molecule has 3 aliphatic heterocycles. The highest BCUT2D eigenvalue weighted by atomic mass is 16.2. The van der Waals surface area contributed by atoms with Crippen molar-refractivity contribution in [3.8, 4) is 0 Å². The van der Waals surface area contributed by atoms with Gasteiger partial charge in [-0.05, 0) is 32.4 Å². The van der Waals surface area contributed by atoms with Crippen LogP contribution in [0.4, 0.5) is 0 Å². The number of fused-ring (bicyclic) bond motifs is 2. The van der Waals surface area contributed by atoms with E-state index < -0.39 is 0 Å². The van der Waals surface area contributed by atoms with E-state index in [1.807, 2.05) is 12.1 Å². The summed E-state index contributed by atoms with van der Waals surface area (Å²) in [6, 6.07) is 5.05. The first kappa shape index (κ1) is 11.7. The van der Waals surface area contributed by atoms with Crippen LogP contribution in [-0.4, -0.2) is 51.9 Å². The van der Waals surface area contributed by atoms with Gasteiger partial charge >= 0.3 is 0 Å². The van der Waals surface area contributed by atoms with Crippen molar-refractivity contribution >= 4 is 5.91 Å². The molecule has 0 aliphatic carbocycles. The van der Waals surface area contributed by atoms with Crippen LogP contribution in [0, 0.1) is 0 Å². The predicted molar refractivity (Wildman–Crippen MR) is 69.3 cm³/mol. The largest absolute Gasteiger partial charge is 0.330 e. The fourth-order valence-corrected chi connectivity index (χ4v) is 3.03. The molecule has 3 aliphatic rings. The van der Waals surface area contributed by atoms with Crippen molar-refractivity contribution in [1.82, 2.24) is 14.8 Å². The Morgan fingerprint density at radius 1 is 1.39 bits per heavy atom. The number of carbonyl (C=O) groups is 1. The van der Waals surface area contributed by atoms with E-state index in [2.05, 4.69) is 28.6 Å². The van der Waals surface area contributed by atoms with E-state index in [9.17, 15) is 4.79 Å². The van der Waals surface area contributed by atoms with Crippen LogP contribution in [0.15, 0.2) is 24.5 Å². The van der Waals surface area contributed by atoms with Gasteiger partial charge in [-0.2, -0.15) is 0 Å². The molecule has 0 radical (unpaired) electrons. The molecule has 3 fully saturated rings. The molecular formula is C14H19N3O. The van der Waals surface area contributed by atoms with E-state index in [-0.39, 0.29) is 5.91 Å². The molecule has 4 heterocycles. The number of carbonyl (C=O) groups excluding carboxylic acids is 1. The fourth-order valence-electron chi connectivity index (χ4n) is 3.03. The van der Waals surface area contributed by atoms with E-state index in [4.69, 9.17) is 0 Å². The van der Waals surface area contributed by atoms with Crippen LogP contribution in [0.3, 0.4) is 0 Å². The lowest BCUT2D eigenvalue weighted by atomic mass is 9.86. The molecule has 1 aromatic heterocycles. The zero-order chi connectivity index (χ0) is 12.7. The minimum atomic E-state index is 0.146. The van der Waals surface area contributed by atoms with Gasteiger partial charge < -0.3 is 4.90 Å². The summed E-state index contributed by atoms with van der Waals surface area (Å²) in [7, 11) is 0. The van der Waals surface area contributed by atoms with Gasteiger partial charge in [0.05, 0.1) is 5.56 Å². The first-order valence-corrected chi connectivity index (χ1v) is 6.63. The summed E-state index contributed by atoms with van der Waals surface area (Å²) >= 11 is 0. The number of piperazine rings is 1. The molecule has 0 spiro atoms. The molecule has 0 saturated carbocycles. The quantitative estimate of drug-likeness (QED) is 0.790. The highest BCUT2D eigenvalue weighted by Crippen LogP contribution is 2.34. The van der Waals surface area contributed by atoms with Crippen LogP contribution >= 0.6 is 0 Å². The van der Waals surface area contributed by atoms with Crippen LogP contribution in [0.1, 0.15) is 30.6 Å². The number of hydrogen-bond acceptors (Lipinski definition) is 3. The van der Waals surface area contributed by atoms with Crippen molar-refractivity contribution in [2.24, 2.45) is 0 Å². The number of hydrogen-bond donors (Lipinski definition) is 0. The zero-order valence-corrected chi connectivity index (χ0v) is 10.9. The van der Waals surface area contributed by atoms with Gasteiger partial charge in [0.15, 0.2) is 0 Å². The molecule has 2 unspecified atom stereocenters. The van der Waals surface area contributed by atoms with Gasteiger partial charge in [-0.1, -0.05) is 0 Å². The van der Waals surface area contributed by atoms with Crippen LogP contribution in [0.5, 0.6) is 0 Å². The fraction of sp³-hybridized carbons (Fsp3) is 0.571. The highest BCUT2D eigenvalue weighted by molar-refractivity contribution is 5.95. The Morgan fingerprint density at radius 3 is 2.67 bits per heavy atom. The predicted octanol–water partition coefficient (Wildman–Crippen LogP) is 1.39. The smallest absolute Gasteiger partial charge is 0.256 e. The number of aromatic nitrogens is 1. The van der Waals surface area contributed by atoms with Crippen LogP contribution < -0.4 is 0 Å². The Hall–Kier alpha value is -1.42. The van der Waals surface area contributed by atoms with E-state index in [1.54, 1.807) is 12.4 Å². The lowest BCUT2D eigenvalue weighted by molar-refractivity contribution is -0.0563. The molecule has 4 nitrogen and oxygen atoms in total. The SMILES string of the molecule is CC(C)N1CC2CC(C1)N2C(=O)c1cccnc1. The summed E-state index contributed by atoms with van der Waals surface area (Å²) in [6.07, 6.45) is 4.53. The second-order valence-electron chi connectivity index (χ2n) is 5.55. The number of piperidine rings is 1. The first-order chi connectivity index (χ1) is 8.66. The summed E-state index contributed by atoms with van der Waals surface area (Å²) < 4.78 is 0. The van der Waals surface area contributed by atoms with Gasteiger partial charge in [0, 0.05) is 43.6 Å². The molecule has 2 bridgehead atoms. The second-order valence-corrected chi connectivity index (χ2v) is 5.55. The first-order valence-electron chi connectivity index (χ1n) is 6.63. The molecule has 1 aromatic rings. The highest BCUT2D eigenvalue weighted by Gasteiger charge is 2.47. The molecule has 1 amide bonds. The normalized spacial score (nSPS) is 27.2. The van der Waals surface area contributed by atoms with Crippen LogP contribution in [-0.2, 0) is 0 Å². The third-order valence-electron chi connectivity index (χ3n) is 4.09. The van der Waals surface area contributed by atoms with Crippen molar-refractivity contribution in [2.75, 3.05) is 13.1 Å². The van der Waals surface area contributed by atoms with Crippen molar-refractivity contribution < 1.29 is 4.79 Å². The van der Waals surface area contributed by atoms with Crippen molar-refractivity contribution in [3.63, 3.8) is 0 Å². The van der Waals surface area contributed by atoms with Crippen LogP contribution in [0.2, 0.25) is 0 Å². The van der Waals surface area contributed by atoms with Gasteiger partial charge in [0.1, 0.15) is 0 Å². The molecule has 4 rings (SSSR count). The van der Waals surface area contributed by atoms with Crippen molar-refractivity contribution in [2.45, 2.75) is 38.4 Å². The maximum Gasteiger partial charge on any atom is 0.256 e. The average Bonchev–Trinajstić information content (AvgIpc) is 2.39. The maximum atomic E-state index is 12.4. The Bertz CT molecular complexity index is 434. The zero-order valence-electron chi connectivity index (χ0n) is 10.9. The topological polar surface area (TPSA) is 36.4 Å². The van der Waals surface area contributed by atoms with Crippen molar-refractivity contribution in [3.05, 3.63) is 30.1 Å². The van der Waals surface area contributed by atoms with Gasteiger partial charge in [0.25, 0.3) is 5.91 Å². The number of amides is 1. The monoisotopic (exact) mass is 245 g/mol. The number of pyridine rings is 1. The minimum absolute atomic E-state index is 0.146. The molecule has 0 aromatic carbocycles. The summed E-state index contributed by atoms with van der Waals surface area (Å²) in [5.41, 5.74) is 0.713. The second kappa shape index (κ2) is 4.35. The lowest BCUT2D eigenvalue weighted by Gasteiger charge is -2.57. The number of nitrogens with zero attached hydrogens (tertiary/aromatic N) is 3. The summed E-state index contributed by atoms with van der Waals surface area (Å²) in [5.74, 6) is 0.146. The van der Waals surface area contributed by atoms with Gasteiger partial charge in [-0.15, -0.1) is 0 Å². The maximum absolute atomic E-state index is 12.4. The molecule has 2 atom stereocenters.